The number of methoxy groups -OCH3 is 1. The lowest BCUT2D eigenvalue weighted by molar-refractivity contribution is -0.384. The van der Waals surface area contributed by atoms with Crippen LogP contribution in [0, 0.1) is 10.1 Å². The lowest BCUT2D eigenvalue weighted by Crippen LogP contribution is -2.13. The first kappa shape index (κ1) is 24.9. The number of carbonyl (C=O) groups is 1. The summed E-state index contributed by atoms with van der Waals surface area (Å²) in [5.74, 6) is 0.985. The van der Waals surface area contributed by atoms with E-state index < -0.39 is 10.8 Å². The zero-order valence-electron chi connectivity index (χ0n) is 20.1. The molecular weight excluding hydrogens is 550 g/mol. The zero-order chi connectivity index (χ0) is 26.6. The lowest BCUT2D eigenvalue weighted by Gasteiger charge is -2.12. The molecule has 5 aromatic rings. The van der Waals surface area contributed by atoms with E-state index in [4.69, 9.17) is 14.5 Å². The van der Waals surface area contributed by atoms with Crippen LogP contribution < -0.4 is 14.8 Å². The molecule has 0 saturated heterocycles. The van der Waals surface area contributed by atoms with Crippen molar-refractivity contribution < 1.29 is 19.2 Å². The van der Waals surface area contributed by atoms with E-state index in [0.29, 0.717) is 33.7 Å². The summed E-state index contributed by atoms with van der Waals surface area (Å²) in [6.45, 7) is 0. The summed E-state index contributed by atoms with van der Waals surface area (Å²) >= 11 is 3.36. The molecule has 5 rings (SSSR count). The number of para-hydroxylation sites is 1. The van der Waals surface area contributed by atoms with Crippen LogP contribution in [0.1, 0.15) is 10.4 Å². The van der Waals surface area contributed by atoms with E-state index in [1.807, 2.05) is 48.5 Å². The highest BCUT2D eigenvalue weighted by Gasteiger charge is 2.17. The molecule has 0 saturated carbocycles. The van der Waals surface area contributed by atoms with Gasteiger partial charge in [-0.05, 0) is 60.7 Å². The normalized spacial score (nSPS) is 10.7. The molecule has 1 N–H and O–H groups in total. The molecule has 0 spiro atoms. The molecule has 1 heterocycles. The third-order valence-electron chi connectivity index (χ3n) is 5.76. The summed E-state index contributed by atoms with van der Waals surface area (Å²) in [4.78, 5) is 29.3. The van der Waals surface area contributed by atoms with Gasteiger partial charge in [0, 0.05) is 27.6 Å². The first-order chi connectivity index (χ1) is 18.4. The van der Waals surface area contributed by atoms with E-state index in [1.54, 1.807) is 43.5 Å². The highest BCUT2D eigenvalue weighted by atomic mass is 79.9. The van der Waals surface area contributed by atoms with Gasteiger partial charge in [-0.2, -0.15) is 0 Å². The number of amides is 1. The van der Waals surface area contributed by atoms with Gasteiger partial charge in [-0.25, -0.2) is 4.98 Å². The Morgan fingerprint density at radius 2 is 1.61 bits per heavy atom. The number of ether oxygens (including phenoxy) is 2. The van der Waals surface area contributed by atoms with Crippen molar-refractivity contribution in [2.75, 3.05) is 12.4 Å². The Bertz CT molecular complexity index is 1650. The molecule has 0 atom stereocenters. The molecule has 0 fully saturated rings. The quantitative estimate of drug-likeness (QED) is 0.159. The minimum Gasteiger partial charge on any atom is -0.497 e. The average Bonchev–Trinajstić information content (AvgIpc) is 2.93. The average molecular weight is 570 g/mol. The highest BCUT2D eigenvalue weighted by molar-refractivity contribution is 9.10. The van der Waals surface area contributed by atoms with Crippen LogP contribution in [-0.4, -0.2) is 22.9 Å². The fourth-order valence-electron chi connectivity index (χ4n) is 3.93. The molecule has 0 aliphatic carbocycles. The first-order valence-electron chi connectivity index (χ1n) is 11.5. The fourth-order valence-corrected chi connectivity index (χ4v) is 4.19. The predicted molar refractivity (Wildman–Crippen MR) is 149 cm³/mol. The number of halogens is 1. The van der Waals surface area contributed by atoms with E-state index >= 15 is 0 Å². The van der Waals surface area contributed by atoms with Crippen LogP contribution in [-0.2, 0) is 0 Å². The molecule has 0 unspecified atom stereocenters. The molecule has 1 aromatic heterocycles. The van der Waals surface area contributed by atoms with Crippen LogP contribution in [0.15, 0.2) is 102 Å². The molecular formula is C29H20BrN3O5. The monoisotopic (exact) mass is 569 g/mol. The smallest absolute Gasteiger partial charge is 0.275 e. The van der Waals surface area contributed by atoms with Gasteiger partial charge in [0.25, 0.3) is 11.6 Å². The van der Waals surface area contributed by atoms with Crippen LogP contribution in [0.5, 0.6) is 17.2 Å². The number of aromatic nitrogens is 1. The summed E-state index contributed by atoms with van der Waals surface area (Å²) in [7, 11) is 1.59. The number of nitro groups is 1. The minimum absolute atomic E-state index is 0.214. The molecule has 188 valence electrons. The number of fused-ring (bicyclic) bond motifs is 1. The number of hydrogen-bond donors (Lipinski definition) is 1. The number of carbonyl (C=O) groups excluding carboxylic acids is 1. The Morgan fingerprint density at radius 3 is 2.32 bits per heavy atom. The molecule has 0 aliphatic rings. The number of hydrogen-bond acceptors (Lipinski definition) is 6. The fraction of sp³-hybridized carbons (Fsp3) is 0.0345. The maximum absolute atomic E-state index is 13.5. The van der Waals surface area contributed by atoms with Crippen molar-refractivity contribution in [3.8, 4) is 28.5 Å². The molecule has 1 amide bonds. The van der Waals surface area contributed by atoms with E-state index in [2.05, 4.69) is 21.2 Å². The van der Waals surface area contributed by atoms with Crippen molar-refractivity contribution in [3.05, 3.63) is 117 Å². The van der Waals surface area contributed by atoms with Crippen LogP contribution in [0.2, 0.25) is 0 Å². The number of rotatable bonds is 7. The third kappa shape index (κ3) is 5.47. The van der Waals surface area contributed by atoms with Gasteiger partial charge in [-0.15, -0.1) is 0 Å². The summed E-state index contributed by atoms with van der Waals surface area (Å²) in [6.07, 6.45) is 0. The number of benzene rings is 4. The van der Waals surface area contributed by atoms with Gasteiger partial charge in [-0.1, -0.05) is 34.1 Å². The van der Waals surface area contributed by atoms with Gasteiger partial charge < -0.3 is 14.8 Å². The minimum atomic E-state index is -0.534. The Hall–Kier alpha value is -4.76. The first-order valence-corrected chi connectivity index (χ1v) is 12.3. The number of pyridine rings is 1. The van der Waals surface area contributed by atoms with E-state index in [0.717, 1.165) is 10.0 Å². The Kier molecular flexibility index (Phi) is 7.01. The van der Waals surface area contributed by atoms with Gasteiger partial charge in [0.2, 0.25) is 0 Å². The van der Waals surface area contributed by atoms with Crippen molar-refractivity contribution >= 4 is 44.1 Å². The summed E-state index contributed by atoms with van der Waals surface area (Å²) < 4.78 is 11.9. The summed E-state index contributed by atoms with van der Waals surface area (Å²) in [6, 6.07) is 27.6. The Labute approximate surface area is 226 Å². The number of nitrogens with zero attached hydrogens (tertiary/aromatic N) is 2. The van der Waals surface area contributed by atoms with Crippen LogP contribution in [0.4, 0.5) is 11.4 Å². The zero-order valence-corrected chi connectivity index (χ0v) is 21.6. The third-order valence-corrected chi connectivity index (χ3v) is 6.28. The van der Waals surface area contributed by atoms with Gasteiger partial charge in [0.1, 0.15) is 17.2 Å². The maximum Gasteiger partial charge on any atom is 0.275 e. The predicted octanol–water partition coefficient (Wildman–Crippen LogP) is 7.63. The Balaban J connectivity index is 1.51. The maximum atomic E-state index is 13.5. The van der Waals surface area contributed by atoms with E-state index in [-0.39, 0.29) is 17.1 Å². The highest BCUT2D eigenvalue weighted by Crippen LogP contribution is 2.32. The van der Waals surface area contributed by atoms with Crippen LogP contribution in [0.3, 0.4) is 0 Å². The number of non-ortho nitro benzene ring substituents is 1. The standard InChI is InChI=1S/C29H20BrN3O5/c1-37-22-10-6-18(7-11-22)28-17-26(25-4-2-3-5-27(25)32-28)29(34)31-20-14-21(33(35)36)16-24(15-20)38-23-12-8-19(30)9-13-23/h2-17H,1H3,(H,31,34). The second-order valence-corrected chi connectivity index (χ2v) is 9.20. The van der Waals surface area contributed by atoms with Gasteiger partial charge in [-0.3, -0.25) is 14.9 Å². The molecule has 38 heavy (non-hydrogen) atoms. The van der Waals surface area contributed by atoms with Gasteiger partial charge in [0.05, 0.1) is 40.6 Å². The van der Waals surface area contributed by atoms with Crippen LogP contribution >= 0.6 is 15.9 Å². The van der Waals surface area contributed by atoms with Crippen molar-refractivity contribution in [2.24, 2.45) is 0 Å². The van der Waals surface area contributed by atoms with Gasteiger partial charge >= 0.3 is 0 Å². The molecule has 0 radical (unpaired) electrons. The van der Waals surface area contributed by atoms with Crippen molar-refractivity contribution in [3.63, 3.8) is 0 Å². The summed E-state index contributed by atoms with van der Waals surface area (Å²) in [5, 5.41) is 15.0. The molecule has 9 heteroatoms. The van der Waals surface area contributed by atoms with E-state index in [9.17, 15) is 14.9 Å². The second kappa shape index (κ2) is 10.7. The molecule has 4 aromatic carbocycles. The SMILES string of the molecule is COc1ccc(-c2cc(C(=O)Nc3cc(Oc4ccc(Br)cc4)cc([N+](=O)[O-])c3)c3ccccc3n2)cc1. The number of anilines is 1. The molecule has 0 aliphatic heterocycles. The largest absolute Gasteiger partial charge is 0.497 e. The summed E-state index contributed by atoms with van der Waals surface area (Å²) in [5.41, 5.74) is 2.45. The number of nitrogens with one attached hydrogen (secondary N) is 1. The van der Waals surface area contributed by atoms with E-state index in [1.165, 1.54) is 12.1 Å². The molecule has 8 nitrogen and oxygen atoms in total. The Morgan fingerprint density at radius 1 is 0.895 bits per heavy atom. The second-order valence-electron chi connectivity index (χ2n) is 8.28. The molecule has 0 bridgehead atoms. The van der Waals surface area contributed by atoms with Crippen molar-refractivity contribution in [1.29, 1.82) is 0 Å². The topological polar surface area (TPSA) is 104 Å². The van der Waals surface area contributed by atoms with Crippen LogP contribution in [0.25, 0.3) is 22.2 Å². The van der Waals surface area contributed by atoms with Crippen molar-refractivity contribution in [1.82, 2.24) is 4.98 Å². The lowest BCUT2D eigenvalue weighted by atomic mass is 10.0. The number of nitro benzene ring substituents is 1. The van der Waals surface area contributed by atoms with Gasteiger partial charge in [0.15, 0.2) is 0 Å². The van der Waals surface area contributed by atoms with Crippen molar-refractivity contribution in [2.45, 2.75) is 0 Å².